The van der Waals surface area contributed by atoms with Crippen molar-refractivity contribution in [3.8, 4) is 56.2 Å². The Bertz CT molecular complexity index is 3580. The molecular formula is C67H55N5. The zero-order valence-electron chi connectivity index (χ0n) is 41.6. The lowest BCUT2D eigenvalue weighted by molar-refractivity contribution is 1.02. The van der Waals surface area contributed by atoms with Crippen LogP contribution < -0.4 is 9.80 Å². The van der Waals surface area contributed by atoms with Crippen molar-refractivity contribution in [2.75, 3.05) is 9.80 Å². The lowest BCUT2D eigenvalue weighted by Crippen LogP contribution is -2.17. The van der Waals surface area contributed by atoms with E-state index >= 15 is 0 Å². The average molecular weight is 930 g/mol. The monoisotopic (exact) mass is 929 g/mol. The van der Waals surface area contributed by atoms with Gasteiger partial charge in [0.25, 0.3) is 0 Å². The molecule has 0 atom stereocenters. The number of aromatic nitrogens is 3. The topological polar surface area (TPSA) is 45.2 Å². The van der Waals surface area contributed by atoms with E-state index in [9.17, 15) is 0 Å². The van der Waals surface area contributed by atoms with Crippen LogP contribution in [0.4, 0.5) is 34.4 Å². The summed E-state index contributed by atoms with van der Waals surface area (Å²) in [7, 11) is 0. The third-order valence-electron chi connectivity index (χ3n) is 13.5. The Labute approximate surface area is 423 Å². The maximum absolute atomic E-state index is 5.59. The van der Waals surface area contributed by atoms with Gasteiger partial charge in [-0.05, 0) is 163 Å². The molecule has 1 aromatic heterocycles. The molecule has 0 aliphatic rings. The van der Waals surface area contributed by atoms with Crippen molar-refractivity contribution in [2.45, 2.75) is 41.5 Å². The first-order valence-corrected chi connectivity index (χ1v) is 24.7. The number of rotatable bonds is 11. The third-order valence-corrected chi connectivity index (χ3v) is 13.5. The molecule has 0 unspecified atom stereocenters. The summed E-state index contributed by atoms with van der Waals surface area (Å²) in [6, 6.07) is 79.9. The Kier molecular flexibility index (Phi) is 12.3. The van der Waals surface area contributed by atoms with E-state index < -0.39 is 0 Å². The first-order valence-electron chi connectivity index (χ1n) is 24.7. The highest BCUT2D eigenvalue weighted by molar-refractivity contribution is 5.96. The lowest BCUT2D eigenvalue weighted by Gasteiger charge is -2.32. The molecule has 5 nitrogen and oxygen atoms in total. The molecule has 0 aliphatic heterocycles. The van der Waals surface area contributed by atoms with Crippen molar-refractivity contribution in [1.29, 1.82) is 0 Å². The van der Waals surface area contributed by atoms with Crippen molar-refractivity contribution in [2.24, 2.45) is 0 Å². The molecule has 72 heavy (non-hydrogen) atoms. The van der Waals surface area contributed by atoms with Crippen LogP contribution in [-0.2, 0) is 0 Å². The number of anilines is 6. The molecule has 0 spiro atoms. The summed E-state index contributed by atoms with van der Waals surface area (Å²) >= 11 is 0. The van der Waals surface area contributed by atoms with Crippen molar-refractivity contribution < 1.29 is 0 Å². The van der Waals surface area contributed by atoms with Crippen LogP contribution >= 0.6 is 0 Å². The molecule has 0 saturated carbocycles. The van der Waals surface area contributed by atoms with Crippen LogP contribution in [0, 0.1) is 41.5 Å². The van der Waals surface area contributed by atoms with E-state index in [0.717, 1.165) is 72.3 Å². The largest absolute Gasteiger partial charge is 0.309 e. The van der Waals surface area contributed by atoms with Gasteiger partial charge >= 0.3 is 0 Å². The number of fused-ring (bicyclic) bond motifs is 1. The quantitative estimate of drug-likeness (QED) is 0.129. The highest BCUT2D eigenvalue weighted by Crippen LogP contribution is 2.46. The normalized spacial score (nSPS) is 11.2. The summed E-state index contributed by atoms with van der Waals surface area (Å²) < 4.78 is 0. The first kappa shape index (κ1) is 45.5. The van der Waals surface area contributed by atoms with Gasteiger partial charge in [-0.25, -0.2) is 4.98 Å². The number of hydrogen-bond acceptors (Lipinski definition) is 5. The Balaban J connectivity index is 1.19. The number of hydrogen-bond donors (Lipinski definition) is 0. The van der Waals surface area contributed by atoms with Crippen LogP contribution in [0.5, 0.6) is 0 Å². The zero-order valence-corrected chi connectivity index (χ0v) is 41.6. The first-order chi connectivity index (χ1) is 35.1. The standard InChI is InChI=1S/C67H55N5/c1-44-35-46(3)63(47(4)36-44)72(64-48(5)37-45(2)38-49(64)6)59-33-31-58(32-34-59)71(60-40-56(50-21-11-7-12-22-50)39-57(41-60)51-23-13-8-14-24-51)67-69-65(53-27-17-10-18-28-53)68-66(70-67)62-43-55-30-20-19-29-54(55)42-61(62)52-25-15-9-16-26-52/h7-43H,1-6H3. The highest BCUT2D eigenvalue weighted by Gasteiger charge is 2.25. The second-order valence-corrected chi connectivity index (χ2v) is 18.9. The molecule has 0 bridgehead atoms. The Morgan fingerprint density at radius 1 is 0.278 bits per heavy atom. The highest BCUT2D eigenvalue weighted by atomic mass is 15.3. The van der Waals surface area contributed by atoms with E-state index in [2.05, 4.69) is 258 Å². The molecule has 5 heteroatoms. The van der Waals surface area contributed by atoms with E-state index in [0.29, 0.717) is 17.6 Å². The summed E-state index contributed by atoms with van der Waals surface area (Å²) in [5, 5.41) is 2.25. The van der Waals surface area contributed by atoms with E-state index in [-0.39, 0.29) is 0 Å². The van der Waals surface area contributed by atoms with Gasteiger partial charge in [0, 0.05) is 22.5 Å². The molecular weight excluding hydrogens is 875 g/mol. The Morgan fingerprint density at radius 3 is 1.14 bits per heavy atom. The number of nitrogens with zero attached hydrogens (tertiary/aromatic N) is 5. The van der Waals surface area contributed by atoms with Gasteiger partial charge in [-0.1, -0.05) is 181 Å². The van der Waals surface area contributed by atoms with Crippen LogP contribution in [-0.4, -0.2) is 15.0 Å². The van der Waals surface area contributed by atoms with Crippen LogP contribution in [0.2, 0.25) is 0 Å². The van der Waals surface area contributed by atoms with Crippen LogP contribution in [0.25, 0.3) is 66.9 Å². The molecule has 0 N–H and O–H groups in total. The zero-order chi connectivity index (χ0) is 49.3. The molecule has 0 fully saturated rings. The maximum atomic E-state index is 5.59. The minimum atomic E-state index is 0.496. The van der Waals surface area contributed by atoms with E-state index in [1.165, 1.54) is 44.8 Å². The molecule has 0 amide bonds. The van der Waals surface area contributed by atoms with E-state index in [4.69, 9.17) is 15.0 Å². The van der Waals surface area contributed by atoms with Crippen molar-refractivity contribution in [3.05, 3.63) is 258 Å². The molecule has 11 aromatic rings. The minimum Gasteiger partial charge on any atom is -0.309 e. The Morgan fingerprint density at radius 2 is 0.667 bits per heavy atom. The van der Waals surface area contributed by atoms with Crippen LogP contribution in [0.1, 0.15) is 33.4 Å². The fourth-order valence-electron chi connectivity index (χ4n) is 10.5. The van der Waals surface area contributed by atoms with Crippen molar-refractivity contribution in [1.82, 2.24) is 15.0 Å². The second kappa shape index (κ2) is 19.5. The molecule has 0 saturated heterocycles. The average Bonchev–Trinajstić information content (AvgIpc) is 3.40. The summed E-state index contributed by atoms with van der Waals surface area (Å²) in [6.07, 6.45) is 0. The summed E-state index contributed by atoms with van der Waals surface area (Å²) in [6.45, 7) is 13.2. The molecule has 0 radical (unpaired) electrons. The van der Waals surface area contributed by atoms with Gasteiger partial charge in [0.05, 0.1) is 17.1 Å². The van der Waals surface area contributed by atoms with Gasteiger partial charge in [-0.15, -0.1) is 0 Å². The third kappa shape index (κ3) is 9.05. The molecule has 10 aromatic carbocycles. The predicted octanol–water partition coefficient (Wildman–Crippen LogP) is 18.1. The summed E-state index contributed by atoms with van der Waals surface area (Å²) in [4.78, 5) is 21.1. The fraction of sp³-hybridized carbons (Fsp3) is 0.0896. The van der Waals surface area contributed by atoms with E-state index in [1.54, 1.807) is 0 Å². The molecule has 1 heterocycles. The molecule has 0 aliphatic carbocycles. The van der Waals surface area contributed by atoms with Gasteiger partial charge < -0.3 is 4.90 Å². The van der Waals surface area contributed by atoms with Crippen LogP contribution in [0.15, 0.2) is 224 Å². The SMILES string of the molecule is Cc1cc(C)c(N(c2ccc(N(c3cc(-c4ccccc4)cc(-c4ccccc4)c3)c3nc(-c4ccccc4)nc(-c4cc5ccccc5cc4-c4ccccc4)n3)cc2)c2c(C)cc(C)cc2C)c(C)c1. The minimum absolute atomic E-state index is 0.496. The Hall–Kier alpha value is -8.93. The number of benzene rings is 10. The molecule has 348 valence electrons. The predicted molar refractivity (Wildman–Crippen MR) is 302 cm³/mol. The van der Waals surface area contributed by atoms with Crippen molar-refractivity contribution in [3.63, 3.8) is 0 Å². The van der Waals surface area contributed by atoms with E-state index in [1.807, 2.05) is 18.2 Å². The lowest BCUT2D eigenvalue weighted by atomic mass is 9.95. The van der Waals surface area contributed by atoms with Gasteiger partial charge in [-0.3, -0.25) is 4.90 Å². The van der Waals surface area contributed by atoms with Gasteiger partial charge in [0.15, 0.2) is 11.6 Å². The van der Waals surface area contributed by atoms with Gasteiger partial charge in [0.1, 0.15) is 0 Å². The summed E-state index contributed by atoms with van der Waals surface area (Å²) in [5.41, 5.74) is 20.9. The smallest absolute Gasteiger partial charge is 0.238 e. The fourth-order valence-corrected chi connectivity index (χ4v) is 10.5. The number of aryl methyl sites for hydroxylation is 6. The molecule has 11 rings (SSSR count). The van der Waals surface area contributed by atoms with Gasteiger partial charge in [-0.2, -0.15) is 9.97 Å². The summed E-state index contributed by atoms with van der Waals surface area (Å²) in [5.74, 6) is 1.65. The second-order valence-electron chi connectivity index (χ2n) is 18.9. The maximum Gasteiger partial charge on any atom is 0.238 e. The van der Waals surface area contributed by atoms with Gasteiger partial charge in [0.2, 0.25) is 5.95 Å². The van der Waals surface area contributed by atoms with Crippen LogP contribution in [0.3, 0.4) is 0 Å². The van der Waals surface area contributed by atoms with Crippen molar-refractivity contribution >= 4 is 45.2 Å².